The fourth-order valence-corrected chi connectivity index (χ4v) is 3.99. The van der Waals surface area contributed by atoms with Crippen LogP contribution in [0.3, 0.4) is 0 Å². The van der Waals surface area contributed by atoms with E-state index in [1.807, 2.05) is 62.6 Å². The second kappa shape index (κ2) is 8.61. The number of benzene rings is 2. The molecule has 1 atom stereocenters. The van der Waals surface area contributed by atoms with Crippen molar-refractivity contribution in [3.8, 4) is 5.69 Å². The lowest BCUT2D eigenvalue weighted by Gasteiger charge is -2.14. The summed E-state index contributed by atoms with van der Waals surface area (Å²) in [6.07, 6.45) is 1.60. The monoisotopic (exact) mass is 408 g/mol. The molecule has 0 aliphatic rings. The Morgan fingerprint density at radius 1 is 1.07 bits per heavy atom. The molecule has 2 aromatic carbocycles. The van der Waals surface area contributed by atoms with E-state index in [-0.39, 0.29) is 16.9 Å². The second-order valence-corrected chi connectivity index (χ2v) is 8.40. The first-order valence-electron chi connectivity index (χ1n) is 9.33. The maximum absolute atomic E-state index is 13.1. The number of aryl methyl sites for hydroxylation is 3. The summed E-state index contributed by atoms with van der Waals surface area (Å²) in [6.45, 7) is 9.38. The summed E-state index contributed by atoms with van der Waals surface area (Å²) in [6, 6.07) is 11.4. The van der Waals surface area contributed by atoms with Crippen LogP contribution < -0.4 is 5.32 Å². The molecule has 0 bridgehead atoms. The molecular formula is C22H24N4O2S. The van der Waals surface area contributed by atoms with Gasteiger partial charge in [-0.2, -0.15) is 0 Å². The first kappa shape index (κ1) is 20.8. The van der Waals surface area contributed by atoms with Gasteiger partial charge >= 0.3 is 0 Å². The van der Waals surface area contributed by atoms with Gasteiger partial charge < -0.3 is 5.32 Å². The number of anilines is 1. The summed E-state index contributed by atoms with van der Waals surface area (Å²) in [4.78, 5) is 24.4. The summed E-state index contributed by atoms with van der Waals surface area (Å²) >= 11 is 1.37. The molecule has 1 amide bonds. The summed E-state index contributed by atoms with van der Waals surface area (Å²) < 4.78 is 1.81. The number of carbonyl (C=O) groups is 2. The average molecular weight is 409 g/mol. The van der Waals surface area contributed by atoms with E-state index in [2.05, 4.69) is 21.6 Å². The molecule has 3 rings (SSSR count). The zero-order chi connectivity index (χ0) is 21.1. The van der Waals surface area contributed by atoms with Crippen LogP contribution in [-0.2, 0) is 4.79 Å². The van der Waals surface area contributed by atoms with Crippen LogP contribution in [0.2, 0.25) is 0 Å². The Hall–Kier alpha value is -2.93. The van der Waals surface area contributed by atoms with Crippen LogP contribution in [-0.4, -0.2) is 31.7 Å². The van der Waals surface area contributed by atoms with Crippen molar-refractivity contribution in [1.29, 1.82) is 0 Å². The third kappa shape index (κ3) is 4.74. The Morgan fingerprint density at radius 3 is 2.52 bits per heavy atom. The summed E-state index contributed by atoms with van der Waals surface area (Å²) in [5.74, 6) is -0.0689. The summed E-state index contributed by atoms with van der Waals surface area (Å²) in [5.41, 5.74) is 5.51. The van der Waals surface area contributed by atoms with Gasteiger partial charge in [0.15, 0.2) is 10.9 Å². The molecule has 150 valence electrons. The number of nitrogens with one attached hydrogen (secondary N) is 1. The molecule has 1 heterocycles. The number of aromatic nitrogens is 3. The fraction of sp³-hybridized carbons (Fsp3) is 0.273. The van der Waals surface area contributed by atoms with Crippen molar-refractivity contribution < 1.29 is 9.59 Å². The van der Waals surface area contributed by atoms with E-state index >= 15 is 0 Å². The van der Waals surface area contributed by atoms with Gasteiger partial charge in [0.1, 0.15) is 6.33 Å². The highest BCUT2D eigenvalue weighted by molar-refractivity contribution is 8.00. The van der Waals surface area contributed by atoms with E-state index < -0.39 is 0 Å². The number of rotatable bonds is 6. The van der Waals surface area contributed by atoms with Crippen molar-refractivity contribution >= 4 is 29.1 Å². The molecule has 0 fully saturated rings. The molecule has 0 saturated carbocycles. The van der Waals surface area contributed by atoms with Gasteiger partial charge in [-0.1, -0.05) is 23.9 Å². The Bertz CT molecular complexity index is 1070. The number of carbonyl (C=O) groups excluding carboxylic acids is 2. The van der Waals surface area contributed by atoms with E-state index in [4.69, 9.17) is 0 Å². The first-order valence-corrected chi connectivity index (χ1v) is 10.2. The van der Waals surface area contributed by atoms with E-state index in [0.717, 1.165) is 22.4 Å². The molecule has 0 aliphatic heterocycles. The van der Waals surface area contributed by atoms with Crippen molar-refractivity contribution in [1.82, 2.24) is 14.8 Å². The lowest BCUT2D eigenvalue weighted by atomic mass is 9.97. The van der Waals surface area contributed by atoms with Gasteiger partial charge in [0.2, 0.25) is 5.91 Å². The Labute approximate surface area is 174 Å². The van der Waals surface area contributed by atoms with Gasteiger partial charge in [0.05, 0.1) is 10.9 Å². The van der Waals surface area contributed by atoms with Crippen molar-refractivity contribution in [2.24, 2.45) is 0 Å². The number of nitrogens with zero attached hydrogens (tertiary/aromatic N) is 3. The molecule has 1 N–H and O–H groups in total. The topological polar surface area (TPSA) is 76.9 Å². The summed E-state index contributed by atoms with van der Waals surface area (Å²) in [5, 5.41) is 11.3. The van der Waals surface area contributed by atoms with Crippen LogP contribution in [0.15, 0.2) is 47.9 Å². The largest absolute Gasteiger partial charge is 0.326 e. The third-order valence-corrected chi connectivity index (χ3v) is 5.78. The Morgan fingerprint density at radius 2 is 1.79 bits per heavy atom. The lowest BCUT2D eigenvalue weighted by Crippen LogP contribution is -2.16. The molecule has 0 spiro atoms. The molecule has 0 saturated heterocycles. The predicted octanol–water partition coefficient (Wildman–Crippen LogP) is 4.51. The molecule has 1 unspecified atom stereocenters. The van der Waals surface area contributed by atoms with Crippen molar-refractivity contribution in [3.63, 3.8) is 0 Å². The van der Waals surface area contributed by atoms with E-state index in [1.54, 1.807) is 6.33 Å². The second-order valence-electron chi connectivity index (χ2n) is 7.09. The van der Waals surface area contributed by atoms with Gasteiger partial charge in [0.25, 0.3) is 0 Å². The van der Waals surface area contributed by atoms with E-state index in [0.29, 0.717) is 10.8 Å². The number of ketones is 1. The van der Waals surface area contributed by atoms with Gasteiger partial charge in [-0.3, -0.25) is 14.2 Å². The van der Waals surface area contributed by atoms with Crippen LogP contribution in [0, 0.1) is 20.8 Å². The van der Waals surface area contributed by atoms with Crippen molar-refractivity contribution in [2.45, 2.75) is 45.0 Å². The molecular weight excluding hydrogens is 384 g/mol. The highest BCUT2D eigenvalue weighted by atomic mass is 32.2. The quantitative estimate of drug-likeness (QED) is 0.479. The van der Waals surface area contributed by atoms with Crippen LogP contribution >= 0.6 is 11.8 Å². The third-order valence-electron chi connectivity index (χ3n) is 4.72. The minimum atomic E-state index is -0.322. The lowest BCUT2D eigenvalue weighted by molar-refractivity contribution is -0.114. The van der Waals surface area contributed by atoms with Gasteiger partial charge in [-0.15, -0.1) is 10.2 Å². The molecule has 29 heavy (non-hydrogen) atoms. The molecule has 1 aromatic heterocycles. The number of hydrogen-bond donors (Lipinski definition) is 1. The molecule has 3 aromatic rings. The van der Waals surface area contributed by atoms with Crippen LogP contribution in [0.5, 0.6) is 0 Å². The van der Waals surface area contributed by atoms with Crippen LogP contribution in [0.1, 0.15) is 40.9 Å². The highest BCUT2D eigenvalue weighted by Gasteiger charge is 2.22. The molecule has 0 aliphatic carbocycles. The maximum atomic E-state index is 13.1. The zero-order valence-corrected chi connectivity index (χ0v) is 18.0. The average Bonchev–Trinajstić information content (AvgIpc) is 3.12. The van der Waals surface area contributed by atoms with Crippen molar-refractivity contribution in [3.05, 3.63) is 65.0 Å². The number of hydrogen-bond acceptors (Lipinski definition) is 5. The first-order chi connectivity index (χ1) is 13.8. The maximum Gasteiger partial charge on any atom is 0.221 e. The highest BCUT2D eigenvalue weighted by Crippen LogP contribution is 2.28. The van der Waals surface area contributed by atoms with Crippen LogP contribution in [0.25, 0.3) is 5.69 Å². The Balaban J connectivity index is 1.84. The molecule has 6 nitrogen and oxygen atoms in total. The van der Waals surface area contributed by atoms with Gasteiger partial charge in [-0.05, 0) is 68.7 Å². The zero-order valence-electron chi connectivity index (χ0n) is 17.2. The minimum absolute atomic E-state index is 0.0668. The number of amides is 1. The number of Topliss-reactive ketones (excluding diaryl/α,β-unsaturated/α-hetero) is 1. The minimum Gasteiger partial charge on any atom is -0.326 e. The fourth-order valence-electron chi connectivity index (χ4n) is 3.08. The molecule has 7 heteroatoms. The Kier molecular flexibility index (Phi) is 6.17. The van der Waals surface area contributed by atoms with Crippen LogP contribution in [0.4, 0.5) is 5.69 Å². The van der Waals surface area contributed by atoms with E-state index in [1.165, 1.54) is 24.2 Å². The van der Waals surface area contributed by atoms with Gasteiger partial charge in [0, 0.05) is 18.2 Å². The SMILES string of the molecule is CC(=O)Nc1cccc(-n2cnnc2SC(C)C(=O)c2cc(C)c(C)cc2C)c1. The summed E-state index contributed by atoms with van der Waals surface area (Å²) in [7, 11) is 0. The van der Waals surface area contributed by atoms with E-state index in [9.17, 15) is 9.59 Å². The smallest absolute Gasteiger partial charge is 0.221 e. The standard InChI is InChI=1S/C22H24N4O2S/c1-13-9-15(3)20(10-14(13)2)21(28)16(4)29-22-25-23-12-26(22)19-8-6-7-18(11-19)24-17(5)27/h6-12,16H,1-5H3,(H,24,27). The predicted molar refractivity (Wildman–Crippen MR) is 116 cm³/mol. The molecule has 0 radical (unpaired) electrons. The number of thioether (sulfide) groups is 1. The normalized spacial score (nSPS) is 11.9. The van der Waals surface area contributed by atoms with Gasteiger partial charge in [-0.25, -0.2) is 0 Å². The van der Waals surface area contributed by atoms with Crippen molar-refractivity contribution in [2.75, 3.05) is 5.32 Å².